The van der Waals surface area contributed by atoms with E-state index in [9.17, 15) is 16.8 Å². The Kier molecular flexibility index (Phi) is 14.9. The molecule has 316 valence electrons. The van der Waals surface area contributed by atoms with Crippen molar-refractivity contribution in [3.63, 3.8) is 0 Å². The highest BCUT2D eigenvalue weighted by Gasteiger charge is 2.30. The Hall–Kier alpha value is -6.50. The van der Waals surface area contributed by atoms with Crippen LogP contribution in [0.15, 0.2) is 181 Å². The third-order valence-electron chi connectivity index (χ3n) is 9.58. The van der Waals surface area contributed by atoms with E-state index in [-0.39, 0.29) is 49.3 Å². The highest BCUT2D eigenvalue weighted by atomic mass is 32.2. The third-order valence-corrected chi connectivity index (χ3v) is 13.1. The van der Waals surface area contributed by atoms with Gasteiger partial charge in [-0.2, -0.15) is 0 Å². The number of rotatable bonds is 22. The molecule has 0 spiro atoms. The SMILES string of the molecule is C=CCOc1ccccc1CN(c1ccccc1OCCCOc1ccccc1N(Cc1ccccc1OCC=C)S(=O)(=O)c1ccc(C)cc1)S(=O)(=O)c1ccc(C)cc1. The van der Waals surface area contributed by atoms with E-state index in [1.165, 1.54) is 8.61 Å². The Morgan fingerprint density at radius 1 is 0.459 bits per heavy atom. The van der Waals surface area contributed by atoms with Crippen molar-refractivity contribution in [3.8, 4) is 23.0 Å². The van der Waals surface area contributed by atoms with E-state index in [0.717, 1.165) is 11.1 Å². The maximum atomic E-state index is 14.4. The zero-order chi connectivity index (χ0) is 43.2. The molecule has 0 N–H and O–H groups in total. The van der Waals surface area contributed by atoms with E-state index in [4.69, 9.17) is 18.9 Å². The maximum Gasteiger partial charge on any atom is 0.264 e. The van der Waals surface area contributed by atoms with Crippen molar-refractivity contribution in [1.29, 1.82) is 0 Å². The van der Waals surface area contributed by atoms with Crippen LogP contribution in [0.4, 0.5) is 11.4 Å². The number of nitrogens with zero attached hydrogens (tertiary/aromatic N) is 2. The van der Waals surface area contributed by atoms with Gasteiger partial charge in [-0.25, -0.2) is 16.8 Å². The monoisotopic (exact) mass is 858 g/mol. The molecular weight excluding hydrogens is 809 g/mol. The standard InChI is InChI=1S/C49H50N2O8S2/c1-5-32-56-46-20-11-7-16-40(46)36-50(60(52,53)42-28-24-38(3)25-29-42)44-18-9-13-22-48(44)58-34-15-35-59-49-23-14-10-19-45(49)51(61(54,55)43-30-26-39(4)27-31-43)37-41-17-8-12-21-47(41)57-33-6-2/h5-14,16-31H,1-2,15,32-37H2,3-4H3. The fourth-order valence-corrected chi connectivity index (χ4v) is 9.33. The van der Waals surface area contributed by atoms with Crippen molar-refractivity contribution < 1.29 is 35.8 Å². The zero-order valence-electron chi connectivity index (χ0n) is 34.4. The molecule has 61 heavy (non-hydrogen) atoms. The fourth-order valence-electron chi connectivity index (χ4n) is 6.43. The van der Waals surface area contributed by atoms with Crippen LogP contribution in [0.1, 0.15) is 28.7 Å². The highest BCUT2D eigenvalue weighted by molar-refractivity contribution is 7.93. The predicted octanol–water partition coefficient (Wildman–Crippen LogP) is 10.1. The summed E-state index contributed by atoms with van der Waals surface area (Å²) < 4.78 is 84.8. The maximum absolute atomic E-state index is 14.4. The summed E-state index contributed by atoms with van der Waals surface area (Å²) in [5.74, 6) is 1.79. The normalized spacial score (nSPS) is 11.3. The molecule has 0 atom stereocenters. The minimum atomic E-state index is -4.09. The van der Waals surface area contributed by atoms with Gasteiger partial charge in [0, 0.05) is 17.5 Å². The highest BCUT2D eigenvalue weighted by Crippen LogP contribution is 2.37. The molecule has 0 saturated heterocycles. The van der Waals surface area contributed by atoms with Gasteiger partial charge in [0.1, 0.15) is 36.2 Å². The van der Waals surface area contributed by atoms with Crippen LogP contribution in [0, 0.1) is 13.8 Å². The quantitative estimate of drug-likeness (QED) is 0.0490. The molecule has 10 nitrogen and oxygen atoms in total. The number of hydrogen-bond donors (Lipinski definition) is 0. The molecule has 12 heteroatoms. The minimum absolute atomic E-state index is 0.0311. The molecule has 0 heterocycles. The van der Waals surface area contributed by atoms with Crippen LogP contribution in [-0.4, -0.2) is 43.3 Å². The number of anilines is 2. The van der Waals surface area contributed by atoms with Crippen molar-refractivity contribution in [2.24, 2.45) is 0 Å². The van der Waals surface area contributed by atoms with Crippen LogP contribution in [0.2, 0.25) is 0 Å². The first-order chi connectivity index (χ1) is 29.5. The second kappa shape index (κ2) is 20.7. The number of aryl methyl sites for hydroxylation is 2. The number of benzene rings is 6. The molecule has 0 aliphatic rings. The smallest absolute Gasteiger partial charge is 0.264 e. The molecule has 0 aliphatic carbocycles. The van der Waals surface area contributed by atoms with Crippen molar-refractivity contribution >= 4 is 31.4 Å². The van der Waals surface area contributed by atoms with Gasteiger partial charge in [-0.15, -0.1) is 0 Å². The number of hydrogen-bond acceptors (Lipinski definition) is 8. The van der Waals surface area contributed by atoms with Crippen LogP contribution >= 0.6 is 0 Å². The van der Waals surface area contributed by atoms with Crippen molar-refractivity contribution in [2.45, 2.75) is 43.1 Å². The minimum Gasteiger partial charge on any atom is -0.491 e. The van der Waals surface area contributed by atoms with Gasteiger partial charge >= 0.3 is 0 Å². The first-order valence-electron chi connectivity index (χ1n) is 19.8. The molecule has 0 unspecified atom stereocenters. The summed E-state index contributed by atoms with van der Waals surface area (Å²) in [5.41, 5.74) is 3.88. The van der Waals surface area contributed by atoms with E-state index in [1.807, 2.05) is 50.2 Å². The average molecular weight is 859 g/mol. The molecule has 0 aliphatic heterocycles. The summed E-state index contributed by atoms with van der Waals surface area (Å²) in [6, 6.07) is 42.0. The van der Waals surface area contributed by atoms with Gasteiger partial charge in [0.25, 0.3) is 20.0 Å². The molecule has 0 fully saturated rings. The number of ether oxygens (including phenoxy) is 4. The van der Waals surface area contributed by atoms with Crippen LogP contribution < -0.4 is 27.6 Å². The molecule has 0 amide bonds. The van der Waals surface area contributed by atoms with Gasteiger partial charge in [-0.3, -0.25) is 8.61 Å². The lowest BCUT2D eigenvalue weighted by Gasteiger charge is -2.28. The van der Waals surface area contributed by atoms with Gasteiger partial charge < -0.3 is 18.9 Å². The van der Waals surface area contributed by atoms with E-state index in [1.54, 1.807) is 121 Å². The lowest BCUT2D eigenvalue weighted by Crippen LogP contribution is -2.31. The van der Waals surface area contributed by atoms with E-state index in [0.29, 0.717) is 51.9 Å². The Balaban J connectivity index is 1.24. The van der Waals surface area contributed by atoms with Crippen LogP contribution in [0.3, 0.4) is 0 Å². The molecule has 0 aromatic heterocycles. The second-order valence-electron chi connectivity index (χ2n) is 14.1. The topological polar surface area (TPSA) is 112 Å². The Labute approximate surface area is 360 Å². The molecule has 0 radical (unpaired) electrons. The van der Waals surface area contributed by atoms with E-state index in [2.05, 4.69) is 13.2 Å². The first kappa shape index (κ1) is 44.1. The van der Waals surface area contributed by atoms with Crippen molar-refractivity contribution in [3.05, 3.63) is 193 Å². The lowest BCUT2D eigenvalue weighted by molar-refractivity contribution is 0.248. The van der Waals surface area contributed by atoms with E-state index >= 15 is 0 Å². The van der Waals surface area contributed by atoms with Gasteiger partial charge in [0.2, 0.25) is 0 Å². The molecule has 6 rings (SSSR count). The Bertz CT molecular complexity index is 2450. The molecule has 6 aromatic rings. The predicted molar refractivity (Wildman–Crippen MR) is 242 cm³/mol. The molecule has 0 bridgehead atoms. The summed E-state index contributed by atoms with van der Waals surface area (Å²) in [6.45, 7) is 12.1. The molecule has 6 aromatic carbocycles. The summed E-state index contributed by atoms with van der Waals surface area (Å²) in [7, 11) is -8.18. The Morgan fingerprint density at radius 3 is 1.18 bits per heavy atom. The van der Waals surface area contributed by atoms with E-state index < -0.39 is 20.0 Å². The fraction of sp³-hybridized carbons (Fsp3) is 0.184. The summed E-state index contributed by atoms with van der Waals surface area (Å²) in [4.78, 5) is 0.270. The largest absolute Gasteiger partial charge is 0.491 e. The Morgan fingerprint density at radius 2 is 0.803 bits per heavy atom. The van der Waals surface area contributed by atoms with Gasteiger partial charge in [0.05, 0.1) is 47.5 Å². The van der Waals surface area contributed by atoms with Crippen molar-refractivity contribution in [1.82, 2.24) is 0 Å². The second-order valence-corrected chi connectivity index (χ2v) is 17.8. The van der Waals surface area contributed by atoms with Crippen LogP contribution in [0.25, 0.3) is 0 Å². The number of sulfonamides is 2. The number of para-hydroxylation sites is 6. The zero-order valence-corrected chi connectivity index (χ0v) is 36.0. The first-order valence-corrected chi connectivity index (χ1v) is 22.7. The molecule has 0 saturated carbocycles. The van der Waals surface area contributed by atoms with Gasteiger partial charge in [-0.1, -0.05) is 121 Å². The summed E-state index contributed by atoms with van der Waals surface area (Å²) in [5, 5.41) is 0. The van der Waals surface area contributed by atoms with Crippen molar-refractivity contribution in [2.75, 3.05) is 35.0 Å². The van der Waals surface area contributed by atoms with Gasteiger partial charge in [0.15, 0.2) is 0 Å². The lowest BCUT2D eigenvalue weighted by atomic mass is 10.2. The third kappa shape index (κ3) is 11.0. The molecular formula is C49H50N2O8S2. The summed E-state index contributed by atoms with van der Waals surface area (Å²) >= 11 is 0. The van der Waals surface area contributed by atoms with Gasteiger partial charge in [-0.05, 0) is 74.5 Å². The summed E-state index contributed by atoms with van der Waals surface area (Å²) in [6.07, 6.45) is 3.65. The van der Waals surface area contributed by atoms with Crippen LogP contribution in [-0.2, 0) is 33.1 Å². The van der Waals surface area contributed by atoms with Crippen LogP contribution in [0.5, 0.6) is 23.0 Å². The average Bonchev–Trinajstić information content (AvgIpc) is 3.27.